The third kappa shape index (κ3) is 6.09. The van der Waals surface area contributed by atoms with Crippen LogP contribution in [0.3, 0.4) is 0 Å². The van der Waals surface area contributed by atoms with Gasteiger partial charge in [-0.15, -0.1) is 0 Å². The van der Waals surface area contributed by atoms with Gasteiger partial charge in [0.25, 0.3) is 0 Å². The first-order valence-electron chi connectivity index (χ1n) is 7.68. The molecule has 0 aliphatic heterocycles. The van der Waals surface area contributed by atoms with Crippen molar-refractivity contribution in [2.75, 3.05) is 6.54 Å². The van der Waals surface area contributed by atoms with Gasteiger partial charge in [0.1, 0.15) is 0 Å². The molecule has 108 valence electrons. The molecule has 0 heterocycles. The van der Waals surface area contributed by atoms with E-state index >= 15 is 0 Å². The Kier molecular flexibility index (Phi) is 8.40. The van der Waals surface area contributed by atoms with E-state index in [1.165, 1.54) is 54.1 Å². The topological polar surface area (TPSA) is 12.0 Å². The van der Waals surface area contributed by atoms with Crippen LogP contribution < -0.4 is 5.32 Å². The molecule has 1 rings (SSSR count). The van der Waals surface area contributed by atoms with Crippen molar-refractivity contribution >= 4 is 15.9 Å². The SMILES string of the molecule is CCCCCCC(NCCC)c1ccc(C)cc1Br. The fraction of sp³-hybridized carbons (Fsp3) is 0.647. The van der Waals surface area contributed by atoms with E-state index in [9.17, 15) is 0 Å². The average Bonchev–Trinajstić information content (AvgIpc) is 2.39. The monoisotopic (exact) mass is 325 g/mol. The summed E-state index contributed by atoms with van der Waals surface area (Å²) in [6.45, 7) is 7.73. The van der Waals surface area contributed by atoms with E-state index in [-0.39, 0.29) is 0 Å². The highest BCUT2D eigenvalue weighted by atomic mass is 79.9. The number of hydrogen-bond donors (Lipinski definition) is 1. The molecule has 0 aliphatic rings. The minimum atomic E-state index is 0.492. The predicted octanol–water partition coefficient (Wildman–Crippen LogP) is 5.77. The van der Waals surface area contributed by atoms with Gasteiger partial charge in [-0.05, 0) is 43.5 Å². The number of rotatable bonds is 9. The lowest BCUT2D eigenvalue weighted by Gasteiger charge is -2.20. The van der Waals surface area contributed by atoms with E-state index in [0.29, 0.717) is 6.04 Å². The smallest absolute Gasteiger partial charge is 0.0331 e. The summed E-state index contributed by atoms with van der Waals surface area (Å²) >= 11 is 3.72. The Bertz CT molecular complexity index is 362. The Balaban J connectivity index is 2.66. The number of benzene rings is 1. The maximum atomic E-state index is 3.72. The Morgan fingerprint density at radius 1 is 1.11 bits per heavy atom. The van der Waals surface area contributed by atoms with Crippen molar-refractivity contribution in [1.82, 2.24) is 5.32 Å². The molecular formula is C17H28BrN. The molecule has 1 nitrogen and oxygen atoms in total. The summed E-state index contributed by atoms with van der Waals surface area (Å²) < 4.78 is 1.25. The molecule has 19 heavy (non-hydrogen) atoms. The molecule has 0 fully saturated rings. The fourth-order valence-corrected chi connectivity index (χ4v) is 3.15. The summed E-state index contributed by atoms with van der Waals surface area (Å²) in [6.07, 6.45) is 7.76. The predicted molar refractivity (Wildman–Crippen MR) is 88.7 cm³/mol. The molecule has 2 heteroatoms. The molecule has 0 aromatic heterocycles. The summed E-state index contributed by atoms with van der Waals surface area (Å²) in [5.74, 6) is 0. The van der Waals surface area contributed by atoms with Crippen molar-refractivity contribution in [3.05, 3.63) is 33.8 Å². The van der Waals surface area contributed by atoms with Crippen LogP contribution in [0, 0.1) is 6.92 Å². The lowest BCUT2D eigenvalue weighted by molar-refractivity contribution is 0.469. The maximum absolute atomic E-state index is 3.72. The van der Waals surface area contributed by atoms with Crippen molar-refractivity contribution in [2.45, 2.75) is 65.3 Å². The molecule has 1 aromatic carbocycles. The highest BCUT2D eigenvalue weighted by Gasteiger charge is 2.13. The molecule has 0 saturated carbocycles. The molecule has 0 spiro atoms. The highest BCUT2D eigenvalue weighted by Crippen LogP contribution is 2.28. The summed E-state index contributed by atoms with van der Waals surface area (Å²) in [6, 6.07) is 7.20. The number of hydrogen-bond acceptors (Lipinski definition) is 1. The van der Waals surface area contributed by atoms with Gasteiger partial charge in [0.2, 0.25) is 0 Å². The molecular weight excluding hydrogens is 298 g/mol. The zero-order valence-corrected chi connectivity index (χ0v) is 14.2. The van der Waals surface area contributed by atoms with Crippen molar-refractivity contribution in [3.63, 3.8) is 0 Å². The first kappa shape index (κ1) is 16.7. The standard InChI is InChI=1S/C17H28BrN/c1-4-6-7-8-9-17(19-12-5-2)15-11-10-14(3)13-16(15)18/h10-11,13,17,19H,4-9,12H2,1-3H3. The second kappa shape index (κ2) is 9.55. The van der Waals surface area contributed by atoms with Crippen LogP contribution >= 0.6 is 15.9 Å². The molecule has 0 bridgehead atoms. The van der Waals surface area contributed by atoms with E-state index in [2.05, 4.69) is 60.2 Å². The second-order valence-electron chi connectivity index (χ2n) is 5.38. The summed E-state index contributed by atoms with van der Waals surface area (Å²) in [4.78, 5) is 0. The van der Waals surface area contributed by atoms with Gasteiger partial charge in [0.15, 0.2) is 0 Å². The zero-order valence-electron chi connectivity index (χ0n) is 12.6. The van der Waals surface area contributed by atoms with Crippen molar-refractivity contribution in [1.29, 1.82) is 0 Å². The number of unbranched alkanes of at least 4 members (excludes halogenated alkanes) is 3. The lowest BCUT2D eigenvalue weighted by Crippen LogP contribution is -2.22. The van der Waals surface area contributed by atoms with Crippen LogP contribution in [0.25, 0.3) is 0 Å². The van der Waals surface area contributed by atoms with Crippen LogP contribution in [0.2, 0.25) is 0 Å². The third-order valence-corrected chi connectivity index (χ3v) is 4.21. The Morgan fingerprint density at radius 2 is 1.89 bits per heavy atom. The van der Waals surface area contributed by atoms with E-state index in [4.69, 9.17) is 0 Å². The van der Waals surface area contributed by atoms with Gasteiger partial charge in [-0.2, -0.15) is 0 Å². The second-order valence-corrected chi connectivity index (χ2v) is 6.24. The minimum absolute atomic E-state index is 0.492. The van der Waals surface area contributed by atoms with E-state index in [1.807, 2.05) is 0 Å². The molecule has 1 aromatic rings. The maximum Gasteiger partial charge on any atom is 0.0331 e. The molecule has 0 saturated heterocycles. The molecule has 0 aliphatic carbocycles. The zero-order chi connectivity index (χ0) is 14.1. The van der Waals surface area contributed by atoms with E-state index in [1.54, 1.807) is 0 Å². The number of nitrogens with one attached hydrogen (secondary N) is 1. The Morgan fingerprint density at radius 3 is 2.53 bits per heavy atom. The average molecular weight is 326 g/mol. The summed E-state index contributed by atoms with van der Waals surface area (Å²) in [7, 11) is 0. The Labute approximate surface area is 127 Å². The van der Waals surface area contributed by atoms with Crippen LogP contribution in [-0.2, 0) is 0 Å². The first-order valence-corrected chi connectivity index (χ1v) is 8.47. The minimum Gasteiger partial charge on any atom is -0.310 e. The summed E-state index contributed by atoms with van der Waals surface area (Å²) in [5, 5.41) is 3.69. The third-order valence-electron chi connectivity index (χ3n) is 3.52. The van der Waals surface area contributed by atoms with Gasteiger partial charge in [0, 0.05) is 10.5 Å². The van der Waals surface area contributed by atoms with Crippen LogP contribution in [0.4, 0.5) is 0 Å². The molecule has 1 N–H and O–H groups in total. The Hall–Kier alpha value is -0.340. The van der Waals surface area contributed by atoms with E-state index in [0.717, 1.165) is 6.54 Å². The fourth-order valence-electron chi connectivity index (χ4n) is 2.38. The number of halogens is 1. The molecule has 1 unspecified atom stereocenters. The van der Waals surface area contributed by atoms with Crippen LogP contribution in [-0.4, -0.2) is 6.54 Å². The quantitative estimate of drug-likeness (QED) is 0.568. The van der Waals surface area contributed by atoms with Crippen LogP contribution in [0.1, 0.15) is 69.5 Å². The normalized spacial score (nSPS) is 12.6. The van der Waals surface area contributed by atoms with Crippen molar-refractivity contribution in [2.24, 2.45) is 0 Å². The first-order chi connectivity index (χ1) is 9.19. The van der Waals surface area contributed by atoms with Gasteiger partial charge >= 0.3 is 0 Å². The van der Waals surface area contributed by atoms with Crippen molar-refractivity contribution in [3.8, 4) is 0 Å². The lowest BCUT2D eigenvalue weighted by atomic mass is 9.99. The largest absolute Gasteiger partial charge is 0.310 e. The molecule has 0 amide bonds. The summed E-state index contributed by atoms with van der Waals surface area (Å²) in [5.41, 5.74) is 2.73. The molecule has 0 radical (unpaired) electrons. The number of aryl methyl sites for hydroxylation is 1. The van der Waals surface area contributed by atoms with Gasteiger partial charge in [-0.1, -0.05) is 67.6 Å². The van der Waals surface area contributed by atoms with E-state index < -0.39 is 0 Å². The van der Waals surface area contributed by atoms with Crippen LogP contribution in [0.15, 0.2) is 22.7 Å². The van der Waals surface area contributed by atoms with Gasteiger partial charge in [0.05, 0.1) is 0 Å². The van der Waals surface area contributed by atoms with Gasteiger partial charge in [-0.3, -0.25) is 0 Å². The van der Waals surface area contributed by atoms with Gasteiger partial charge in [-0.25, -0.2) is 0 Å². The van der Waals surface area contributed by atoms with Crippen LogP contribution in [0.5, 0.6) is 0 Å². The van der Waals surface area contributed by atoms with Crippen molar-refractivity contribution < 1.29 is 0 Å². The molecule has 1 atom stereocenters. The van der Waals surface area contributed by atoms with Gasteiger partial charge < -0.3 is 5.32 Å². The highest BCUT2D eigenvalue weighted by molar-refractivity contribution is 9.10.